The standard InChI is InChI=1S/C29H35NO4/c1-5-7-9-10-16-33-22-13-11-21(12-14-22)26-25-27(31)24-20(4)17-19(3)18-23(24)34-28(25)29(32)30(26)15-8-6-2/h11-14,17-18,26H,5-10,15-16H2,1-4H3. The van der Waals surface area contributed by atoms with Gasteiger partial charge in [-0.05, 0) is 61.6 Å². The summed E-state index contributed by atoms with van der Waals surface area (Å²) < 4.78 is 12.0. The Morgan fingerprint density at radius 3 is 2.38 bits per heavy atom. The lowest BCUT2D eigenvalue weighted by Crippen LogP contribution is -2.30. The van der Waals surface area contributed by atoms with Crippen molar-refractivity contribution < 1.29 is 13.9 Å². The van der Waals surface area contributed by atoms with E-state index in [1.165, 1.54) is 19.3 Å². The molecule has 1 atom stereocenters. The quantitative estimate of drug-likeness (QED) is 0.315. The average Bonchev–Trinajstić information content (AvgIpc) is 3.09. The first-order valence-corrected chi connectivity index (χ1v) is 12.6. The average molecular weight is 462 g/mol. The molecule has 0 spiro atoms. The zero-order valence-corrected chi connectivity index (χ0v) is 20.8. The van der Waals surface area contributed by atoms with Gasteiger partial charge in [-0.2, -0.15) is 0 Å². The van der Waals surface area contributed by atoms with E-state index >= 15 is 0 Å². The molecule has 2 heterocycles. The fourth-order valence-electron chi connectivity index (χ4n) is 4.88. The molecule has 2 aromatic carbocycles. The maximum absolute atomic E-state index is 13.7. The third-order valence-electron chi connectivity index (χ3n) is 6.63. The zero-order chi connectivity index (χ0) is 24.2. The van der Waals surface area contributed by atoms with Gasteiger partial charge >= 0.3 is 0 Å². The summed E-state index contributed by atoms with van der Waals surface area (Å²) in [6.45, 7) is 9.45. The molecular formula is C29H35NO4. The first kappa shape index (κ1) is 24.1. The van der Waals surface area contributed by atoms with Crippen molar-refractivity contribution in [1.82, 2.24) is 4.90 Å². The van der Waals surface area contributed by atoms with Crippen LogP contribution in [0.3, 0.4) is 0 Å². The SMILES string of the molecule is CCCCCCOc1ccc(C2c3c(oc4cc(C)cc(C)c4c3=O)C(=O)N2CCCC)cc1. The van der Waals surface area contributed by atoms with Gasteiger partial charge in [-0.3, -0.25) is 9.59 Å². The molecule has 1 aliphatic heterocycles. The Kier molecular flexibility index (Phi) is 7.40. The van der Waals surface area contributed by atoms with Crippen molar-refractivity contribution in [2.45, 2.75) is 72.3 Å². The summed E-state index contributed by atoms with van der Waals surface area (Å²) in [7, 11) is 0. The largest absolute Gasteiger partial charge is 0.494 e. The van der Waals surface area contributed by atoms with Crippen LogP contribution in [0.1, 0.15) is 91.2 Å². The van der Waals surface area contributed by atoms with Crippen molar-refractivity contribution in [1.29, 1.82) is 0 Å². The predicted octanol–water partition coefficient (Wildman–Crippen LogP) is 6.71. The Hall–Kier alpha value is -3.08. The monoisotopic (exact) mass is 461 g/mol. The highest BCUT2D eigenvalue weighted by Crippen LogP contribution is 2.39. The van der Waals surface area contributed by atoms with Crippen LogP contribution in [-0.2, 0) is 0 Å². The van der Waals surface area contributed by atoms with Crippen LogP contribution in [0, 0.1) is 13.8 Å². The minimum Gasteiger partial charge on any atom is -0.494 e. The molecule has 0 aliphatic carbocycles. The van der Waals surface area contributed by atoms with E-state index in [0.717, 1.165) is 41.7 Å². The molecule has 5 nitrogen and oxygen atoms in total. The molecule has 1 unspecified atom stereocenters. The Balaban J connectivity index is 1.72. The molecule has 0 N–H and O–H groups in total. The van der Waals surface area contributed by atoms with Gasteiger partial charge in [0.2, 0.25) is 5.76 Å². The van der Waals surface area contributed by atoms with Crippen LogP contribution >= 0.6 is 0 Å². The van der Waals surface area contributed by atoms with Crippen LogP contribution in [0.2, 0.25) is 0 Å². The van der Waals surface area contributed by atoms with E-state index in [2.05, 4.69) is 13.8 Å². The number of aryl methyl sites for hydroxylation is 2. The summed E-state index contributed by atoms with van der Waals surface area (Å²) in [5, 5.41) is 0.562. The first-order chi connectivity index (χ1) is 16.5. The molecule has 1 amide bonds. The van der Waals surface area contributed by atoms with E-state index in [-0.39, 0.29) is 17.1 Å². The highest BCUT2D eigenvalue weighted by molar-refractivity contribution is 5.99. The maximum atomic E-state index is 13.7. The van der Waals surface area contributed by atoms with Gasteiger partial charge in [0.1, 0.15) is 11.3 Å². The van der Waals surface area contributed by atoms with E-state index < -0.39 is 6.04 Å². The van der Waals surface area contributed by atoms with Gasteiger partial charge in [0.25, 0.3) is 5.91 Å². The second-order valence-electron chi connectivity index (χ2n) is 9.36. The normalized spacial score (nSPS) is 15.2. The van der Waals surface area contributed by atoms with Crippen molar-refractivity contribution in [3.05, 3.63) is 74.6 Å². The molecule has 1 aromatic heterocycles. The number of amides is 1. The topological polar surface area (TPSA) is 59.8 Å². The lowest BCUT2D eigenvalue weighted by molar-refractivity contribution is 0.0725. The van der Waals surface area contributed by atoms with Crippen molar-refractivity contribution in [2.75, 3.05) is 13.2 Å². The van der Waals surface area contributed by atoms with Gasteiger partial charge in [-0.1, -0.05) is 57.7 Å². The number of carbonyl (C=O) groups is 1. The van der Waals surface area contributed by atoms with Crippen LogP contribution < -0.4 is 10.2 Å². The molecule has 0 saturated carbocycles. The van der Waals surface area contributed by atoms with Crippen LogP contribution in [0.25, 0.3) is 11.0 Å². The van der Waals surface area contributed by atoms with Crippen LogP contribution in [0.15, 0.2) is 45.6 Å². The number of benzene rings is 2. The second kappa shape index (κ2) is 10.5. The Morgan fingerprint density at radius 2 is 1.68 bits per heavy atom. The van der Waals surface area contributed by atoms with Crippen molar-refractivity contribution in [2.24, 2.45) is 0 Å². The van der Waals surface area contributed by atoms with E-state index in [0.29, 0.717) is 29.7 Å². The number of ether oxygens (including phenoxy) is 1. The van der Waals surface area contributed by atoms with Gasteiger partial charge in [0, 0.05) is 6.54 Å². The summed E-state index contributed by atoms with van der Waals surface area (Å²) >= 11 is 0. The molecule has 0 radical (unpaired) electrons. The van der Waals surface area contributed by atoms with E-state index in [4.69, 9.17) is 9.15 Å². The minimum atomic E-state index is -0.450. The molecular weight excluding hydrogens is 426 g/mol. The fourth-order valence-corrected chi connectivity index (χ4v) is 4.88. The van der Waals surface area contributed by atoms with Gasteiger partial charge in [-0.25, -0.2) is 0 Å². The summed E-state index contributed by atoms with van der Waals surface area (Å²) in [6, 6.07) is 11.2. The Labute approximate surface area is 201 Å². The van der Waals surface area contributed by atoms with Gasteiger partial charge < -0.3 is 14.1 Å². The molecule has 34 heavy (non-hydrogen) atoms. The molecule has 0 bridgehead atoms. The number of hydrogen-bond acceptors (Lipinski definition) is 4. The van der Waals surface area contributed by atoms with Crippen LogP contribution in [-0.4, -0.2) is 24.0 Å². The third kappa shape index (κ3) is 4.61. The van der Waals surface area contributed by atoms with Gasteiger partial charge in [0.15, 0.2) is 5.43 Å². The maximum Gasteiger partial charge on any atom is 0.290 e. The molecule has 5 heteroatoms. The predicted molar refractivity (Wildman–Crippen MR) is 136 cm³/mol. The van der Waals surface area contributed by atoms with E-state index in [1.807, 2.05) is 50.2 Å². The number of nitrogens with zero attached hydrogens (tertiary/aromatic N) is 1. The fraction of sp³-hybridized carbons (Fsp3) is 0.448. The lowest BCUT2D eigenvalue weighted by Gasteiger charge is -2.25. The highest BCUT2D eigenvalue weighted by atomic mass is 16.5. The molecule has 1 aliphatic rings. The van der Waals surface area contributed by atoms with Gasteiger partial charge in [-0.15, -0.1) is 0 Å². The number of fused-ring (bicyclic) bond motifs is 2. The van der Waals surface area contributed by atoms with Crippen LogP contribution in [0.5, 0.6) is 5.75 Å². The summed E-state index contributed by atoms with van der Waals surface area (Å²) in [6.07, 6.45) is 6.46. The second-order valence-corrected chi connectivity index (χ2v) is 9.36. The number of rotatable bonds is 10. The molecule has 180 valence electrons. The third-order valence-corrected chi connectivity index (χ3v) is 6.63. The Morgan fingerprint density at radius 1 is 0.941 bits per heavy atom. The number of carbonyl (C=O) groups excluding carboxylic acids is 1. The lowest BCUT2D eigenvalue weighted by atomic mass is 9.96. The Bertz CT molecular complexity index is 1230. The summed E-state index contributed by atoms with van der Waals surface area (Å²) in [4.78, 5) is 28.9. The van der Waals surface area contributed by atoms with Crippen molar-refractivity contribution >= 4 is 16.9 Å². The minimum absolute atomic E-state index is 0.109. The number of hydrogen-bond donors (Lipinski definition) is 0. The smallest absolute Gasteiger partial charge is 0.290 e. The van der Waals surface area contributed by atoms with Crippen molar-refractivity contribution in [3.63, 3.8) is 0 Å². The van der Waals surface area contributed by atoms with Crippen molar-refractivity contribution in [3.8, 4) is 5.75 Å². The number of unbranched alkanes of at least 4 members (excludes halogenated alkanes) is 4. The summed E-state index contributed by atoms with van der Waals surface area (Å²) in [5.74, 6) is 0.782. The first-order valence-electron chi connectivity index (χ1n) is 12.6. The van der Waals surface area contributed by atoms with E-state index in [1.54, 1.807) is 4.90 Å². The molecule has 3 aromatic rings. The van der Waals surface area contributed by atoms with Crippen LogP contribution in [0.4, 0.5) is 0 Å². The zero-order valence-electron chi connectivity index (χ0n) is 20.8. The highest BCUT2D eigenvalue weighted by Gasteiger charge is 2.42. The van der Waals surface area contributed by atoms with Gasteiger partial charge in [0.05, 0.1) is 23.6 Å². The summed E-state index contributed by atoms with van der Waals surface area (Å²) in [5.41, 5.74) is 3.60. The molecule has 4 rings (SSSR count). The van der Waals surface area contributed by atoms with E-state index in [9.17, 15) is 9.59 Å². The molecule has 0 fully saturated rings. The molecule has 0 saturated heterocycles.